The number of fused-ring (bicyclic) bond motifs is 2. The van der Waals surface area contributed by atoms with Crippen molar-refractivity contribution in [2.24, 2.45) is 14.1 Å². The van der Waals surface area contributed by atoms with Crippen LogP contribution in [-0.4, -0.2) is 20.9 Å². The first-order chi connectivity index (χ1) is 17.8. The molecule has 37 heavy (non-hydrogen) atoms. The molecule has 2 aromatic heterocycles. The number of rotatable bonds is 5. The van der Waals surface area contributed by atoms with Gasteiger partial charge in [0.05, 0.1) is 22.2 Å². The van der Waals surface area contributed by atoms with Crippen LogP contribution in [0, 0.1) is 0 Å². The molecule has 0 aliphatic rings. The topological polar surface area (TPSA) is 102 Å². The van der Waals surface area contributed by atoms with E-state index in [0.29, 0.717) is 33.1 Å². The first-order valence-corrected chi connectivity index (χ1v) is 11.7. The first-order valence-electron chi connectivity index (χ1n) is 11.7. The lowest BCUT2D eigenvalue weighted by molar-refractivity contribution is 0.0951. The Morgan fingerprint density at radius 3 is 1.81 bits per heavy atom. The molecule has 0 atom stereocenters. The molecule has 0 bridgehead atoms. The summed E-state index contributed by atoms with van der Waals surface area (Å²) in [6, 6.07) is 24.2. The zero-order valence-corrected chi connectivity index (χ0v) is 20.3. The molecular formula is C29H24N4O4. The summed E-state index contributed by atoms with van der Waals surface area (Å²) in [6.45, 7) is 0.195. The number of carbonyl (C=O) groups is 2. The fraction of sp³-hybridized carbons (Fsp3) is 0.103. The standard InChI is InChI=1S/C29H24N4O4/c1-32-24-12-5-3-10-20(24)22(15-26(32)34)28(36)30-17-18-8-7-9-19(14-18)31-29(37)23-16-27(35)33(2)25-13-6-4-11-21(23)25/h3-16H,17H2,1-2H3,(H,30,36)(H,31,37). The molecule has 0 radical (unpaired) electrons. The molecule has 184 valence electrons. The first kappa shape index (κ1) is 23.7. The minimum absolute atomic E-state index is 0.195. The molecule has 0 saturated heterocycles. The minimum Gasteiger partial charge on any atom is -0.348 e. The summed E-state index contributed by atoms with van der Waals surface area (Å²) in [5.74, 6) is -0.767. The van der Waals surface area contributed by atoms with Gasteiger partial charge in [-0.3, -0.25) is 19.2 Å². The zero-order valence-electron chi connectivity index (χ0n) is 20.3. The van der Waals surface area contributed by atoms with Gasteiger partial charge in [0.25, 0.3) is 22.9 Å². The quantitative estimate of drug-likeness (QED) is 0.392. The summed E-state index contributed by atoms with van der Waals surface area (Å²) < 4.78 is 3.01. The van der Waals surface area contributed by atoms with Crippen LogP contribution in [0.4, 0.5) is 5.69 Å². The number of aryl methyl sites for hydroxylation is 2. The number of para-hydroxylation sites is 2. The molecule has 3 aromatic carbocycles. The smallest absolute Gasteiger partial charge is 0.256 e. The number of benzene rings is 3. The van der Waals surface area contributed by atoms with E-state index in [1.54, 1.807) is 56.6 Å². The molecule has 0 spiro atoms. The summed E-state index contributed by atoms with van der Waals surface area (Å²) in [4.78, 5) is 50.8. The number of hydrogen-bond donors (Lipinski definition) is 2. The van der Waals surface area contributed by atoms with Crippen LogP contribution in [0.1, 0.15) is 26.3 Å². The van der Waals surface area contributed by atoms with Gasteiger partial charge in [-0.2, -0.15) is 0 Å². The van der Waals surface area contributed by atoms with Gasteiger partial charge in [0.2, 0.25) is 0 Å². The number of nitrogens with one attached hydrogen (secondary N) is 2. The van der Waals surface area contributed by atoms with Crippen molar-refractivity contribution in [3.05, 3.63) is 122 Å². The van der Waals surface area contributed by atoms with E-state index in [4.69, 9.17) is 0 Å². The van der Waals surface area contributed by atoms with E-state index in [9.17, 15) is 19.2 Å². The molecule has 8 heteroatoms. The highest BCUT2D eigenvalue weighted by atomic mass is 16.2. The van der Waals surface area contributed by atoms with Crippen LogP contribution < -0.4 is 21.8 Å². The van der Waals surface area contributed by atoms with E-state index in [1.165, 1.54) is 21.3 Å². The van der Waals surface area contributed by atoms with Crippen LogP contribution in [0.3, 0.4) is 0 Å². The molecule has 0 saturated carbocycles. The fourth-order valence-electron chi connectivity index (χ4n) is 4.43. The van der Waals surface area contributed by atoms with E-state index in [1.807, 2.05) is 30.3 Å². The third-order valence-electron chi connectivity index (χ3n) is 6.44. The molecule has 0 unspecified atom stereocenters. The van der Waals surface area contributed by atoms with Crippen molar-refractivity contribution in [3.8, 4) is 0 Å². The van der Waals surface area contributed by atoms with Gasteiger partial charge < -0.3 is 19.8 Å². The number of hydrogen-bond acceptors (Lipinski definition) is 4. The molecule has 2 amide bonds. The highest BCUT2D eigenvalue weighted by Crippen LogP contribution is 2.19. The Kier molecular flexibility index (Phi) is 6.15. The number of aromatic nitrogens is 2. The fourth-order valence-corrected chi connectivity index (χ4v) is 4.43. The highest BCUT2D eigenvalue weighted by molar-refractivity contribution is 6.12. The molecule has 0 aliphatic carbocycles. The molecule has 2 heterocycles. The second-order valence-electron chi connectivity index (χ2n) is 8.78. The van der Waals surface area contributed by atoms with Gasteiger partial charge in [-0.15, -0.1) is 0 Å². The Hall–Kier alpha value is -4.98. The summed E-state index contributed by atoms with van der Waals surface area (Å²) in [7, 11) is 3.34. The van der Waals surface area contributed by atoms with Crippen molar-refractivity contribution >= 4 is 39.3 Å². The molecule has 8 nitrogen and oxygen atoms in total. The molecule has 5 aromatic rings. The summed E-state index contributed by atoms with van der Waals surface area (Å²) in [5, 5.41) is 7.07. The number of amides is 2. The predicted octanol–water partition coefficient (Wildman–Crippen LogP) is 3.57. The number of carbonyl (C=O) groups excluding carboxylic acids is 2. The van der Waals surface area contributed by atoms with Crippen LogP contribution in [0.5, 0.6) is 0 Å². The lowest BCUT2D eigenvalue weighted by atomic mass is 10.1. The predicted molar refractivity (Wildman–Crippen MR) is 144 cm³/mol. The lowest BCUT2D eigenvalue weighted by Crippen LogP contribution is -2.26. The van der Waals surface area contributed by atoms with Crippen molar-refractivity contribution < 1.29 is 9.59 Å². The van der Waals surface area contributed by atoms with E-state index in [2.05, 4.69) is 10.6 Å². The van der Waals surface area contributed by atoms with Gasteiger partial charge in [0.15, 0.2) is 0 Å². The Morgan fingerprint density at radius 2 is 1.22 bits per heavy atom. The second kappa shape index (κ2) is 9.58. The maximum Gasteiger partial charge on any atom is 0.256 e. The van der Waals surface area contributed by atoms with Crippen LogP contribution in [0.25, 0.3) is 21.8 Å². The third-order valence-corrected chi connectivity index (χ3v) is 6.44. The Balaban J connectivity index is 1.35. The van der Waals surface area contributed by atoms with Crippen LogP contribution in [-0.2, 0) is 20.6 Å². The Bertz CT molecular complexity index is 1820. The van der Waals surface area contributed by atoms with Gasteiger partial charge in [0.1, 0.15) is 0 Å². The van der Waals surface area contributed by atoms with Crippen molar-refractivity contribution in [3.63, 3.8) is 0 Å². The third kappa shape index (κ3) is 4.52. The lowest BCUT2D eigenvalue weighted by Gasteiger charge is -2.12. The maximum atomic E-state index is 13.1. The molecular weight excluding hydrogens is 468 g/mol. The Labute approximate surface area is 211 Å². The maximum absolute atomic E-state index is 13.1. The number of nitrogens with zero attached hydrogens (tertiary/aromatic N) is 2. The van der Waals surface area contributed by atoms with Gasteiger partial charge in [-0.05, 0) is 29.8 Å². The largest absolute Gasteiger partial charge is 0.348 e. The minimum atomic E-state index is -0.401. The average molecular weight is 493 g/mol. The molecule has 0 fully saturated rings. The van der Waals surface area contributed by atoms with Gasteiger partial charge in [0, 0.05) is 49.2 Å². The monoisotopic (exact) mass is 492 g/mol. The van der Waals surface area contributed by atoms with Gasteiger partial charge in [-0.25, -0.2) is 0 Å². The molecule has 0 aliphatic heterocycles. The molecule has 5 rings (SSSR count). The van der Waals surface area contributed by atoms with Gasteiger partial charge in [-0.1, -0.05) is 48.5 Å². The molecule has 2 N–H and O–H groups in total. The normalized spacial score (nSPS) is 11.0. The van der Waals surface area contributed by atoms with E-state index in [-0.39, 0.29) is 29.1 Å². The van der Waals surface area contributed by atoms with Crippen molar-refractivity contribution in [1.29, 1.82) is 0 Å². The van der Waals surface area contributed by atoms with E-state index in [0.717, 1.165) is 5.56 Å². The Morgan fingerprint density at radius 1 is 0.676 bits per heavy atom. The number of anilines is 1. The van der Waals surface area contributed by atoms with E-state index < -0.39 is 5.91 Å². The summed E-state index contributed by atoms with van der Waals surface area (Å²) >= 11 is 0. The summed E-state index contributed by atoms with van der Waals surface area (Å²) in [5.41, 5.74) is 2.68. The second-order valence-corrected chi connectivity index (χ2v) is 8.78. The summed E-state index contributed by atoms with van der Waals surface area (Å²) in [6.07, 6.45) is 0. The zero-order chi connectivity index (χ0) is 26.1. The average Bonchev–Trinajstić information content (AvgIpc) is 2.91. The van der Waals surface area contributed by atoms with Crippen molar-refractivity contribution in [2.45, 2.75) is 6.54 Å². The highest BCUT2D eigenvalue weighted by Gasteiger charge is 2.15. The van der Waals surface area contributed by atoms with Crippen molar-refractivity contribution in [2.75, 3.05) is 5.32 Å². The van der Waals surface area contributed by atoms with E-state index >= 15 is 0 Å². The van der Waals surface area contributed by atoms with Crippen LogP contribution >= 0.6 is 0 Å². The van der Waals surface area contributed by atoms with Crippen LogP contribution in [0.2, 0.25) is 0 Å². The van der Waals surface area contributed by atoms with Crippen molar-refractivity contribution in [1.82, 2.24) is 14.5 Å². The van der Waals surface area contributed by atoms with Crippen LogP contribution in [0.15, 0.2) is 94.5 Å². The SMILES string of the molecule is Cn1c(=O)cc(C(=O)NCc2cccc(NC(=O)c3cc(=O)n(C)c4ccccc34)c2)c2ccccc21. The number of pyridine rings is 2. The van der Waals surface area contributed by atoms with Gasteiger partial charge >= 0.3 is 0 Å².